The lowest BCUT2D eigenvalue weighted by Gasteiger charge is -2.10. The molecule has 1 aliphatic rings. The van der Waals surface area contributed by atoms with Gasteiger partial charge in [-0.05, 0) is 0 Å². The van der Waals surface area contributed by atoms with Crippen LogP contribution in [0.1, 0.15) is 6.42 Å². The third-order valence-corrected chi connectivity index (χ3v) is 1.43. The van der Waals surface area contributed by atoms with Gasteiger partial charge in [0.05, 0.1) is 6.61 Å². The van der Waals surface area contributed by atoms with Crippen LogP contribution in [-0.4, -0.2) is 25.5 Å². The monoisotopic (exact) mass is 155 g/mol. The number of carbonyl (C=O) groups is 2. The van der Waals surface area contributed by atoms with Gasteiger partial charge >= 0.3 is 5.97 Å². The summed E-state index contributed by atoms with van der Waals surface area (Å²) in [7, 11) is 1.53. The van der Waals surface area contributed by atoms with Gasteiger partial charge in [-0.15, -0.1) is 0 Å². The van der Waals surface area contributed by atoms with Crippen LogP contribution in [0, 0.1) is 0 Å². The second-order valence-corrected chi connectivity index (χ2v) is 2.17. The Bertz CT molecular complexity index is 220. The highest BCUT2D eigenvalue weighted by atomic mass is 16.5. The second-order valence-electron chi connectivity index (χ2n) is 2.17. The summed E-state index contributed by atoms with van der Waals surface area (Å²) in [6.45, 7) is 0.304. The van der Waals surface area contributed by atoms with Gasteiger partial charge in [0.2, 0.25) is 5.91 Å². The van der Waals surface area contributed by atoms with Crippen molar-refractivity contribution in [2.24, 2.45) is 0 Å². The number of esters is 1. The van der Waals surface area contributed by atoms with E-state index in [1.54, 1.807) is 0 Å². The lowest BCUT2D eigenvalue weighted by atomic mass is 10.1. The van der Waals surface area contributed by atoms with Crippen molar-refractivity contribution in [2.75, 3.05) is 13.7 Å². The minimum absolute atomic E-state index is 0.207. The average molecular weight is 155 g/mol. The van der Waals surface area contributed by atoms with Gasteiger partial charge < -0.3 is 10.1 Å². The van der Waals surface area contributed by atoms with Crippen LogP contribution in [0.15, 0.2) is 11.6 Å². The van der Waals surface area contributed by atoms with E-state index in [0.29, 0.717) is 18.6 Å². The Morgan fingerprint density at radius 1 is 1.73 bits per heavy atom. The Morgan fingerprint density at radius 3 is 3.00 bits per heavy atom. The summed E-state index contributed by atoms with van der Waals surface area (Å²) in [4.78, 5) is 21.5. The van der Waals surface area contributed by atoms with Gasteiger partial charge in [-0.1, -0.05) is 0 Å². The molecule has 1 amide bonds. The fraction of sp³-hybridized carbons (Fsp3) is 0.429. The maximum absolute atomic E-state index is 10.9. The van der Waals surface area contributed by atoms with Gasteiger partial charge in [0.1, 0.15) is 0 Å². The van der Waals surface area contributed by atoms with Crippen LogP contribution in [0.3, 0.4) is 0 Å². The van der Waals surface area contributed by atoms with Gasteiger partial charge in [0.25, 0.3) is 0 Å². The Morgan fingerprint density at radius 2 is 2.45 bits per heavy atom. The third kappa shape index (κ3) is 1.80. The Balaban J connectivity index is 2.70. The van der Waals surface area contributed by atoms with E-state index < -0.39 is 5.97 Å². The Hall–Kier alpha value is -1.32. The van der Waals surface area contributed by atoms with Crippen LogP contribution in [0.2, 0.25) is 0 Å². The number of hydrogen-bond acceptors (Lipinski definition) is 3. The molecule has 0 fully saturated rings. The SMILES string of the molecule is CNC(=O)C1=CC(=O)OCC1. The van der Waals surface area contributed by atoms with Crippen LogP contribution in [0.4, 0.5) is 0 Å². The fourth-order valence-electron chi connectivity index (χ4n) is 0.857. The molecule has 0 aliphatic carbocycles. The molecule has 0 unspecified atom stereocenters. The molecule has 1 N–H and O–H groups in total. The molecule has 0 aromatic rings. The van der Waals surface area contributed by atoms with Crippen LogP contribution < -0.4 is 5.32 Å². The van der Waals surface area contributed by atoms with Crippen LogP contribution >= 0.6 is 0 Å². The normalized spacial score (nSPS) is 16.8. The number of likely N-dealkylation sites (N-methyl/N-ethyl adjacent to an activating group) is 1. The average Bonchev–Trinajstić information content (AvgIpc) is 2.03. The first-order chi connectivity index (χ1) is 5.24. The van der Waals surface area contributed by atoms with Crippen LogP contribution in [0.25, 0.3) is 0 Å². The van der Waals surface area contributed by atoms with Gasteiger partial charge in [-0.2, -0.15) is 0 Å². The molecule has 0 bridgehead atoms. The lowest BCUT2D eigenvalue weighted by molar-refractivity contribution is -0.139. The van der Waals surface area contributed by atoms with E-state index in [-0.39, 0.29) is 5.91 Å². The molecule has 0 aromatic carbocycles. The molecule has 0 saturated heterocycles. The van der Waals surface area contributed by atoms with E-state index in [0.717, 1.165) is 0 Å². The molecule has 11 heavy (non-hydrogen) atoms. The zero-order chi connectivity index (χ0) is 8.27. The van der Waals surface area contributed by atoms with Crippen molar-refractivity contribution in [1.29, 1.82) is 0 Å². The van der Waals surface area contributed by atoms with Gasteiger partial charge in [0, 0.05) is 25.1 Å². The molecule has 1 aliphatic heterocycles. The van der Waals surface area contributed by atoms with Crippen LogP contribution in [-0.2, 0) is 14.3 Å². The minimum Gasteiger partial charge on any atom is -0.462 e. The highest BCUT2D eigenvalue weighted by molar-refractivity contribution is 6.00. The van der Waals surface area contributed by atoms with Gasteiger partial charge in [-0.3, -0.25) is 4.79 Å². The first-order valence-electron chi connectivity index (χ1n) is 3.33. The van der Waals surface area contributed by atoms with Crippen molar-refractivity contribution in [3.8, 4) is 0 Å². The smallest absolute Gasteiger partial charge is 0.331 e. The molecule has 0 aromatic heterocycles. The fourth-order valence-corrected chi connectivity index (χ4v) is 0.857. The molecule has 1 rings (SSSR count). The summed E-state index contributed by atoms with van der Waals surface area (Å²) < 4.78 is 4.61. The number of amides is 1. The topological polar surface area (TPSA) is 55.4 Å². The van der Waals surface area contributed by atoms with E-state index in [2.05, 4.69) is 10.1 Å². The largest absolute Gasteiger partial charge is 0.462 e. The van der Waals surface area contributed by atoms with Crippen molar-refractivity contribution in [2.45, 2.75) is 6.42 Å². The molecule has 0 atom stereocenters. The predicted octanol–water partition coefficient (Wildman–Crippen LogP) is -0.394. The zero-order valence-electron chi connectivity index (χ0n) is 6.22. The molecule has 60 valence electrons. The Kier molecular flexibility index (Phi) is 2.25. The lowest BCUT2D eigenvalue weighted by Crippen LogP contribution is -2.24. The van der Waals surface area contributed by atoms with Crippen molar-refractivity contribution in [3.63, 3.8) is 0 Å². The number of hydrogen-bond donors (Lipinski definition) is 1. The maximum atomic E-state index is 10.9. The highest BCUT2D eigenvalue weighted by Gasteiger charge is 2.15. The standard InChI is InChI=1S/C7H9NO3/c1-8-7(10)5-2-3-11-6(9)4-5/h4H,2-3H2,1H3,(H,8,10). The van der Waals surface area contributed by atoms with E-state index in [1.165, 1.54) is 13.1 Å². The van der Waals surface area contributed by atoms with E-state index in [1.807, 2.05) is 0 Å². The number of nitrogens with one attached hydrogen (secondary N) is 1. The molecule has 0 saturated carbocycles. The molecular formula is C7H9NO3. The summed E-state index contributed by atoms with van der Waals surface area (Å²) >= 11 is 0. The number of cyclic esters (lactones) is 1. The molecule has 4 nitrogen and oxygen atoms in total. The second kappa shape index (κ2) is 3.18. The van der Waals surface area contributed by atoms with E-state index in [4.69, 9.17) is 0 Å². The van der Waals surface area contributed by atoms with Crippen molar-refractivity contribution < 1.29 is 14.3 Å². The minimum atomic E-state index is -0.435. The molecule has 1 heterocycles. The third-order valence-electron chi connectivity index (χ3n) is 1.43. The van der Waals surface area contributed by atoms with Gasteiger partial charge in [-0.25, -0.2) is 4.79 Å². The highest BCUT2D eigenvalue weighted by Crippen LogP contribution is 2.07. The number of ether oxygens (including phenoxy) is 1. The Labute approximate surface area is 64.2 Å². The van der Waals surface area contributed by atoms with Crippen molar-refractivity contribution in [1.82, 2.24) is 5.32 Å². The molecule has 0 radical (unpaired) electrons. The van der Waals surface area contributed by atoms with Crippen molar-refractivity contribution in [3.05, 3.63) is 11.6 Å². The number of carbonyl (C=O) groups excluding carboxylic acids is 2. The molecular weight excluding hydrogens is 146 g/mol. The molecule has 0 spiro atoms. The summed E-state index contributed by atoms with van der Waals surface area (Å²) in [5.41, 5.74) is 0.490. The first kappa shape index (κ1) is 7.78. The summed E-state index contributed by atoms with van der Waals surface area (Å²) in [5, 5.41) is 2.44. The predicted molar refractivity (Wildman–Crippen MR) is 37.7 cm³/mol. The van der Waals surface area contributed by atoms with Crippen LogP contribution in [0.5, 0.6) is 0 Å². The zero-order valence-corrected chi connectivity index (χ0v) is 6.22. The van der Waals surface area contributed by atoms with E-state index in [9.17, 15) is 9.59 Å². The summed E-state index contributed by atoms with van der Waals surface area (Å²) in [6.07, 6.45) is 1.73. The maximum Gasteiger partial charge on any atom is 0.331 e. The summed E-state index contributed by atoms with van der Waals surface area (Å²) in [6, 6.07) is 0. The van der Waals surface area contributed by atoms with Gasteiger partial charge in [0.15, 0.2) is 0 Å². The summed E-state index contributed by atoms with van der Waals surface area (Å²) in [5.74, 6) is -0.642. The van der Waals surface area contributed by atoms with Crippen molar-refractivity contribution >= 4 is 11.9 Å². The molecule has 4 heteroatoms. The first-order valence-corrected chi connectivity index (χ1v) is 3.33. The number of rotatable bonds is 1. The van der Waals surface area contributed by atoms with E-state index >= 15 is 0 Å². The quantitative estimate of drug-likeness (QED) is 0.524.